The Labute approximate surface area is 92.9 Å². The van der Waals surface area contributed by atoms with E-state index < -0.39 is 0 Å². The van der Waals surface area contributed by atoms with Crippen LogP contribution in [0, 0.1) is 0 Å². The van der Waals surface area contributed by atoms with Crippen molar-refractivity contribution in [1.29, 1.82) is 0 Å². The van der Waals surface area contributed by atoms with Gasteiger partial charge >= 0.3 is 0 Å². The maximum Gasteiger partial charge on any atom is 0.150 e. The Hall–Kier alpha value is -2.16. The van der Waals surface area contributed by atoms with E-state index in [1.165, 1.54) is 0 Å². The number of benzene rings is 2. The van der Waals surface area contributed by atoms with Crippen LogP contribution in [0.1, 0.15) is 10.4 Å². The first-order valence-corrected chi connectivity index (χ1v) is 4.66. The van der Waals surface area contributed by atoms with E-state index in [9.17, 15) is 4.79 Å². The molecule has 16 heavy (non-hydrogen) atoms. The van der Waals surface area contributed by atoms with Crippen LogP contribution in [-0.2, 0) is 0 Å². The fraction of sp³-hybridized carbons (Fsp3) is 0. The Kier molecular flexibility index (Phi) is 4.21. The lowest BCUT2D eigenvalue weighted by Crippen LogP contribution is -1.85. The van der Waals surface area contributed by atoms with E-state index in [0.717, 1.165) is 12.0 Å². The number of carbonyl (C=O) groups excluding carboxylic acids is 1. The molecule has 0 aliphatic heterocycles. The predicted octanol–water partition coefficient (Wildman–Crippen LogP) is 3.44. The van der Waals surface area contributed by atoms with Crippen LogP contribution >= 0.6 is 0 Å². The van der Waals surface area contributed by atoms with E-state index in [4.69, 9.17) is 4.74 Å². The van der Waals surface area contributed by atoms with Gasteiger partial charge in [-0.25, -0.2) is 0 Å². The molecule has 0 fully saturated rings. The number of halogens is 1. The molecule has 0 aliphatic carbocycles. The average Bonchev–Trinajstić information content (AvgIpc) is 2.31. The SMILES string of the molecule is F.O=Cc1cccc(Oc2ccccc2)c1. The van der Waals surface area contributed by atoms with Gasteiger partial charge < -0.3 is 4.74 Å². The quantitative estimate of drug-likeness (QED) is 0.737. The Balaban J connectivity index is 0.00000128. The van der Waals surface area contributed by atoms with Gasteiger partial charge in [-0.05, 0) is 24.3 Å². The van der Waals surface area contributed by atoms with E-state index >= 15 is 0 Å². The van der Waals surface area contributed by atoms with E-state index in [0.29, 0.717) is 11.3 Å². The van der Waals surface area contributed by atoms with Gasteiger partial charge in [0.05, 0.1) is 0 Å². The van der Waals surface area contributed by atoms with Gasteiger partial charge in [0.1, 0.15) is 17.8 Å². The molecule has 0 heterocycles. The summed E-state index contributed by atoms with van der Waals surface area (Å²) >= 11 is 0. The lowest BCUT2D eigenvalue weighted by molar-refractivity contribution is 0.112. The van der Waals surface area contributed by atoms with Crippen LogP contribution in [-0.4, -0.2) is 6.29 Å². The summed E-state index contributed by atoms with van der Waals surface area (Å²) in [5, 5.41) is 0. The van der Waals surface area contributed by atoms with Crippen molar-refractivity contribution in [2.75, 3.05) is 0 Å². The molecule has 0 amide bonds. The van der Waals surface area contributed by atoms with Gasteiger partial charge in [0.15, 0.2) is 0 Å². The van der Waals surface area contributed by atoms with Crippen molar-refractivity contribution in [3.63, 3.8) is 0 Å². The first-order chi connectivity index (χ1) is 7.38. The summed E-state index contributed by atoms with van der Waals surface area (Å²) in [6, 6.07) is 16.5. The maximum atomic E-state index is 10.6. The fourth-order valence-electron chi connectivity index (χ4n) is 1.28. The minimum atomic E-state index is 0. The Morgan fingerprint density at radius 2 is 1.56 bits per heavy atom. The summed E-state index contributed by atoms with van der Waals surface area (Å²) in [6.07, 6.45) is 0.803. The summed E-state index contributed by atoms with van der Waals surface area (Å²) in [5.74, 6) is 1.44. The first-order valence-electron chi connectivity index (χ1n) is 4.66. The van der Waals surface area contributed by atoms with Crippen LogP contribution in [0.2, 0.25) is 0 Å². The molecule has 2 rings (SSSR count). The molecule has 0 N–H and O–H groups in total. The van der Waals surface area contributed by atoms with Gasteiger partial charge in [0, 0.05) is 5.56 Å². The highest BCUT2D eigenvalue weighted by atomic mass is 19.0. The molecule has 82 valence electrons. The van der Waals surface area contributed by atoms with Crippen molar-refractivity contribution >= 4 is 6.29 Å². The average molecular weight is 218 g/mol. The number of para-hydroxylation sites is 1. The van der Waals surface area contributed by atoms with Crippen molar-refractivity contribution in [3.8, 4) is 11.5 Å². The zero-order valence-electron chi connectivity index (χ0n) is 8.50. The summed E-state index contributed by atoms with van der Waals surface area (Å²) in [7, 11) is 0. The van der Waals surface area contributed by atoms with E-state index in [1.54, 1.807) is 18.2 Å². The van der Waals surface area contributed by atoms with Gasteiger partial charge in [0.2, 0.25) is 0 Å². The van der Waals surface area contributed by atoms with Gasteiger partial charge in [-0.2, -0.15) is 0 Å². The molecule has 0 atom stereocenters. The molecule has 2 aromatic carbocycles. The largest absolute Gasteiger partial charge is 0.457 e. The summed E-state index contributed by atoms with van der Waals surface area (Å²) in [6.45, 7) is 0. The standard InChI is InChI=1S/C13H10O2.FH/c14-10-11-5-4-8-13(9-11)15-12-6-2-1-3-7-12;/h1-10H;1H. The summed E-state index contributed by atoms with van der Waals surface area (Å²) in [4.78, 5) is 10.6. The molecule has 0 unspecified atom stereocenters. The molecule has 0 aliphatic rings. The Bertz CT molecular complexity index is 454. The van der Waals surface area contributed by atoms with E-state index in [-0.39, 0.29) is 4.70 Å². The number of carbonyl (C=O) groups is 1. The van der Waals surface area contributed by atoms with Crippen LogP contribution in [0.25, 0.3) is 0 Å². The molecule has 0 saturated heterocycles. The minimum absolute atomic E-state index is 0. The van der Waals surface area contributed by atoms with Gasteiger partial charge in [-0.3, -0.25) is 9.50 Å². The maximum absolute atomic E-state index is 10.6. The molecule has 0 bridgehead atoms. The lowest BCUT2D eigenvalue weighted by atomic mass is 10.2. The Morgan fingerprint density at radius 3 is 2.25 bits per heavy atom. The second-order valence-corrected chi connectivity index (χ2v) is 3.11. The predicted molar refractivity (Wildman–Crippen MR) is 60.8 cm³/mol. The van der Waals surface area contributed by atoms with Crippen LogP contribution < -0.4 is 4.74 Å². The summed E-state index contributed by atoms with van der Waals surface area (Å²) in [5.41, 5.74) is 0.614. The molecule has 0 saturated carbocycles. The number of hydrogen-bond donors (Lipinski definition) is 0. The van der Waals surface area contributed by atoms with Gasteiger partial charge in [0.25, 0.3) is 0 Å². The molecule has 2 aromatic rings. The van der Waals surface area contributed by atoms with Crippen molar-refractivity contribution < 1.29 is 14.2 Å². The molecular formula is C13H11FO2. The van der Waals surface area contributed by atoms with Crippen molar-refractivity contribution in [1.82, 2.24) is 0 Å². The normalized spacial score (nSPS) is 9.00. The van der Waals surface area contributed by atoms with Crippen LogP contribution in [0.4, 0.5) is 4.70 Å². The van der Waals surface area contributed by atoms with Gasteiger partial charge in [-0.1, -0.05) is 30.3 Å². The molecular weight excluding hydrogens is 207 g/mol. The highest BCUT2D eigenvalue weighted by Crippen LogP contribution is 2.20. The second kappa shape index (κ2) is 5.66. The molecule has 0 radical (unpaired) electrons. The first kappa shape index (κ1) is 11.9. The minimum Gasteiger partial charge on any atom is -0.457 e. The van der Waals surface area contributed by atoms with Crippen molar-refractivity contribution in [3.05, 3.63) is 60.2 Å². The Morgan fingerprint density at radius 1 is 0.875 bits per heavy atom. The van der Waals surface area contributed by atoms with Gasteiger partial charge in [-0.15, -0.1) is 0 Å². The van der Waals surface area contributed by atoms with E-state index in [1.807, 2.05) is 36.4 Å². The number of rotatable bonds is 3. The van der Waals surface area contributed by atoms with Crippen LogP contribution in [0.3, 0.4) is 0 Å². The monoisotopic (exact) mass is 218 g/mol. The molecule has 2 nitrogen and oxygen atoms in total. The number of aldehydes is 1. The topological polar surface area (TPSA) is 26.3 Å². The van der Waals surface area contributed by atoms with Crippen LogP contribution in [0.5, 0.6) is 11.5 Å². The molecule has 3 heteroatoms. The smallest absolute Gasteiger partial charge is 0.150 e. The third-order valence-corrected chi connectivity index (χ3v) is 1.97. The molecule has 0 spiro atoms. The number of ether oxygens (including phenoxy) is 1. The van der Waals surface area contributed by atoms with Crippen molar-refractivity contribution in [2.45, 2.75) is 0 Å². The van der Waals surface area contributed by atoms with Crippen LogP contribution in [0.15, 0.2) is 54.6 Å². The molecule has 0 aromatic heterocycles. The highest BCUT2D eigenvalue weighted by Gasteiger charge is 1.97. The fourth-order valence-corrected chi connectivity index (χ4v) is 1.28. The third kappa shape index (κ3) is 2.92. The van der Waals surface area contributed by atoms with Crippen molar-refractivity contribution in [2.24, 2.45) is 0 Å². The second-order valence-electron chi connectivity index (χ2n) is 3.11. The zero-order chi connectivity index (χ0) is 10.5. The highest BCUT2D eigenvalue weighted by molar-refractivity contribution is 5.75. The summed E-state index contributed by atoms with van der Waals surface area (Å²) < 4.78 is 5.56. The third-order valence-electron chi connectivity index (χ3n) is 1.97. The lowest BCUT2D eigenvalue weighted by Gasteiger charge is -2.04. The van der Waals surface area contributed by atoms with E-state index in [2.05, 4.69) is 0 Å². The zero-order valence-corrected chi connectivity index (χ0v) is 8.50. The number of hydrogen-bond acceptors (Lipinski definition) is 2.